The largest absolute Gasteiger partial charge is 0.467 e. The van der Waals surface area contributed by atoms with Gasteiger partial charge in [-0.15, -0.1) is 0 Å². The van der Waals surface area contributed by atoms with Crippen LogP contribution < -0.4 is 5.32 Å². The Hall–Kier alpha value is -1.10. The highest BCUT2D eigenvalue weighted by molar-refractivity contribution is 5.89. The Labute approximate surface area is 146 Å². The van der Waals surface area contributed by atoms with E-state index in [0.29, 0.717) is 13.0 Å². The third kappa shape index (κ3) is 5.20. The Kier molecular flexibility index (Phi) is 8.03. The number of carbonyl (C=O) groups is 2. The van der Waals surface area contributed by atoms with Crippen LogP contribution in [0, 0.1) is 5.92 Å². The maximum Gasteiger partial charge on any atom is 0.328 e. The molecule has 24 heavy (non-hydrogen) atoms. The molecule has 2 unspecified atom stereocenters. The van der Waals surface area contributed by atoms with Gasteiger partial charge in [0.05, 0.1) is 13.2 Å². The Bertz CT molecular complexity index is 407. The van der Waals surface area contributed by atoms with E-state index < -0.39 is 6.04 Å². The van der Waals surface area contributed by atoms with Gasteiger partial charge in [-0.3, -0.25) is 4.79 Å². The minimum Gasteiger partial charge on any atom is -0.467 e. The molecule has 5 heteroatoms. The van der Waals surface area contributed by atoms with Crippen molar-refractivity contribution in [2.75, 3.05) is 20.2 Å². The first-order chi connectivity index (χ1) is 11.7. The standard InChI is InChI=1S/C19H34N2O3/c1-3-8-17(19(23)24-2)21-14-12-16(18(21)22)20-13-7-11-15-9-5-4-6-10-15/h15-17,20H,3-14H2,1-2H3. The van der Waals surface area contributed by atoms with Gasteiger partial charge >= 0.3 is 5.97 Å². The molecule has 0 aromatic carbocycles. The van der Waals surface area contributed by atoms with E-state index in [1.54, 1.807) is 4.90 Å². The molecule has 2 aliphatic rings. The quantitative estimate of drug-likeness (QED) is 0.519. The molecule has 0 bridgehead atoms. The summed E-state index contributed by atoms with van der Waals surface area (Å²) in [7, 11) is 1.40. The number of nitrogens with zero attached hydrogens (tertiary/aromatic N) is 1. The summed E-state index contributed by atoms with van der Waals surface area (Å²) in [4.78, 5) is 26.3. The number of amides is 1. The van der Waals surface area contributed by atoms with Gasteiger partial charge in [-0.05, 0) is 38.1 Å². The van der Waals surface area contributed by atoms with Gasteiger partial charge in [0.1, 0.15) is 6.04 Å². The van der Waals surface area contributed by atoms with E-state index in [9.17, 15) is 9.59 Å². The van der Waals surface area contributed by atoms with Crippen molar-refractivity contribution in [1.82, 2.24) is 10.2 Å². The Morgan fingerprint density at radius 3 is 2.71 bits per heavy atom. The molecule has 1 aliphatic heterocycles. The molecule has 1 saturated heterocycles. The fraction of sp³-hybridized carbons (Fsp3) is 0.895. The molecule has 1 saturated carbocycles. The van der Waals surface area contributed by atoms with Crippen LogP contribution in [0.2, 0.25) is 0 Å². The lowest BCUT2D eigenvalue weighted by atomic mass is 9.86. The number of methoxy groups -OCH3 is 1. The number of hydrogen-bond donors (Lipinski definition) is 1. The summed E-state index contributed by atoms with van der Waals surface area (Å²) in [5.74, 6) is 0.671. The highest BCUT2D eigenvalue weighted by atomic mass is 16.5. The summed E-state index contributed by atoms with van der Waals surface area (Å²) >= 11 is 0. The molecule has 0 aromatic rings. The molecule has 1 heterocycles. The monoisotopic (exact) mass is 338 g/mol. The van der Waals surface area contributed by atoms with E-state index in [-0.39, 0.29) is 17.9 Å². The molecule has 1 N–H and O–H groups in total. The average molecular weight is 338 g/mol. The Morgan fingerprint density at radius 2 is 2.04 bits per heavy atom. The zero-order valence-electron chi connectivity index (χ0n) is 15.4. The Morgan fingerprint density at radius 1 is 1.29 bits per heavy atom. The van der Waals surface area contributed by atoms with Crippen molar-refractivity contribution in [2.24, 2.45) is 5.92 Å². The molecule has 0 aromatic heterocycles. The van der Waals surface area contributed by atoms with Crippen LogP contribution in [0.5, 0.6) is 0 Å². The zero-order chi connectivity index (χ0) is 17.4. The minimum atomic E-state index is -0.415. The van der Waals surface area contributed by atoms with Crippen LogP contribution in [0.4, 0.5) is 0 Å². The summed E-state index contributed by atoms with van der Waals surface area (Å²) in [5.41, 5.74) is 0. The molecule has 5 nitrogen and oxygen atoms in total. The van der Waals surface area contributed by atoms with Gasteiger partial charge in [0.15, 0.2) is 0 Å². The molecule has 2 fully saturated rings. The number of rotatable bonds is 9. The van der Waals surface area contributed by atoms with E-state index in [2.05, 4.69) is 5.32 Å². The van der Waals surface area contributed by atoms with Gasteiger partial charge in [-0.1, -0.05) is 45.4 Å². The first kappa shape index (κ1) is 19.2. The van der Waals surface area contributed by atoms with Gasteiger partial charge < -0.3 is 15.0 Å². The van der Waals surface area contributed by atoms with Crippen LogP contribution in [-0.4, -0.2) is 49.1 Å². The third-order valence-electron chi connectivity index (χ3n) is 5.56. The second-order valence-electron chi connectivity index (χ2n) is 7.30. The smallest absolute Gasteiger partial charge is 0.328 e. The van der Waals surface area contributed by atoms with E-state index in [0.717, 1.165) is 31.7 Å². The average Bonchev–Trinajstić information content (AvgIpc) is 2.97. The summed E-state index contributed by atoms with van der Waals surface area (Å²) in [6.07, 6.45) is 11.7. The Balaban J connectivity index is 1.73. The molecular formula is C19H34N2O3. The number of likely N-dealkylation sites (tertiary alicyclic amines) is 1. The molecule has 2 atom stereocenters. The number of hydrogen-bond acceptors (Lipinski definition) is 4. The van der Waals surface area contributed by atoms with E-state index in [4.69, 9.17) is 4.74 Å². The minimum absolute atomic E-state index is 0.0662. The number of carbonyl (C=O) groups excluding carboxylic acids is 2. The van der Waals surface area contributed by atoms with Crippen LogP contribution in [0.15, 0.2) is 0 Å². The van der Waals surface area contributed by atoms with Crippen molar-refractivity contribution < 1.29 is 14.3 Å². The number of nitrogens with one attached hydrogen (secondary N) is 1. The highest BCUT2D eigenvalue weighted by Gasteiger charge is 2.38. The lowest BCUT2D eigenvalue weighted by Crippen LogP contribution is -2.46. The lowest BCUT2D eigenvalue weighted by Gasteiger charge is -2.26. The maximum atomic E-state index is 12.6. The zero-order valence-corrected chi connectivity index (χ0v) is 15.4. The van der Waals surface area contributed by atoms with E-state index in [1.807, 2.05) is 6.92 Å². The molecular weight excluding hydrogens is 304 g/mol. The molecule has 0 radical (unpaired) electrons. The molecule has 0 spiro atoms. The van der Waals surface area contributed by atoms with Crippen LogP contribution in [0.3, 0.4) is 0 Å². The topological polar surface area (TPSA) is 58.6 Å². The van der Waals surface area contributed by atoms with Gasteiger partial charge in [0.25, 0.3) is 0 Å². The predicted octanol–water partition coefficient (Wildman–Crippen LogP) is 2.88. The van der Waals surface area contributed by atoms with Crippen LogP contribution in [0.25, 0.3) is 0 Å². The van der Waals surface area contributed by atoms with Gasteiger partial charge in [0, 0.05) is 6.54 Å². The summed E-state index contributed by atoms with van der Waals surface area (Å²) in [6.45, 7) is 3.58. The number of esters is 1. The van der Waals surface area contributed by atoms with Crippen molar-refractivity contribution in [1.29, 1.82) is 0 Å². The first-order valence-corrected chi connectivity index (χ1v) is 9.79. The first-order valence-electron chi connectivity index (χ1n) is 9.79. The molecule has 1 amide bonds. The van der Waals surface area contributed by atoms with Crippen LogP contribution >= 0.6 is 0 Å². The second kappa shape index (κ2) is 10.0. The fourth-order valence-electron chi connectivity index (χ4n) is 4.15. The van der Waals surface area contributed by atoms with E-state index >= 15 is 0 Å². The maximum absolute atomic E-state index is 12.6. The summed E-state index contributed by atoms with van der Waals surface area (Å²) in [6, 6.07) is -0.540. The molecule has 2 rings (SSSR count). The summed E-state index contributed by atoms with van der Waals surface area (Å²) in [5, 5.41) is 3.41. The van der Waals surface area contributed by atoms with Gasteiger partial charge in [0.2, 0.25) is 5.91 Å². The second-order valence-corrected chi connectivity index (χ2v) is 7.30. The van der Waals surface area contributed by atoms with Gasteiger partial charge in [-0.25, -0.2) is 4.79 Å². The van der Waals surface area contributed by atoms with E-state index in [1.165, 1.54) is 45.6 Å². The predicted molar refractivity (Wildman–Crippen MR) is 94.6 cm³/mol. The highest BCUT2D eigenvalue weighted by Crippen LogP contribution is 2.27. The van der Waals surface area contributed by atoms with Crippen molar-refractivity contribution in [3.05, 3.63) is 0 Å². The van der Waals surface area contributed by atoms with Crippen molar-refractivity contribution in [2.45, 2.75) is 83.2 Å². The van der Waals surface area contributed by atoms with Crippen LogP contribution in [-0.2, 0) is 14.3 Å². The number of ether oxygens (including phenoxy) is 1. The van der Waals surface area contributed by atoms with Crippen molar-refractivity contribution in [3.8, 4) is 0 Å². The molecule has 1 aliphatic carbocycles. The lowest BCUT2D eigenvalue weighted by molar-refractivity contribution is -0.151. The van der Waals surface area contributed by atoms with Crippen molar-refractivity contribution in [3.63, 3.8) is 0 Å². The normalized spacial score (nSPS) is 23.5. The van der Waals surface area contributed by atoms with Crippen LogP contribution in [0.1, 0.15) is 71.1 Å². The van der Waals surface area contributed by atoms with Gasteiger partial charge in [-0.2, -0.15) is 0 Å². The fourth-order valence-corrected chi connectivity index (χ4v) is 4.15. The summed E-state index contributed by atoms with van der Waals surface area (Å²) < 4.78 is 4.87. The SMILES string of the molecule is CCCC(C(=O)OC)N1CCC(NCCCC2CCCCC2)C1=O. The van der Waals surface area contributed by atoms with Crippen molar-refractivity contribution >= 4 is 11.9 Å². The molecule has 138 valence electrons. The third-order valence-corrected chi connectivity index (χ3v) is 5.56.